The first-order valence-electron chi connectivity index (χ1n) is 5.27. The van der Waals surface area contributed by atoms with Crippen molar-refractivity contribution in [3.05, 3.63) is 54.2 Å². The predicted molar refractivity (Wildman–Crippen MR) is 62.0 cm³/mol. The second-order valence-corrected chi connectivity index (χ2v) is 3.47. The number of pyridine rings is 1. The van der Waals surface area contributed by atoms with Crippen LogP contribution in [0, 0.1) is 0 Å². The number of carbonyl (C=O) groups excluding carboxylic acids is 1. The summed E-state index contributed by atoms with van der Waals surface area (Å²) in [6.07, 6.45) is 4.96. The van der Waals surface area contributed by atoms with Crippen LogP contribution in [0.1, 0.15) is 11.3 Å². The normalized spacial score (nSPS) is 9.88. The molecule has 0 saturated heterocycles. The van der Waals surface area contributed by atoms with E-state index in [1.54, 1.807) is 24.7 Å². The van der Waals surface area contributed by atoms with Crippen molar-refractivity contribution in [2.24, 2.45) is 0 Å². The van der Waals surface area contributed by atoms with Crippen molar-refractivity contribution in [2.45, 2.75) is 13.1 Å². The fourth-order valence-electron chi connectivity index (χ4n) is 1.33. The second-order valence-electron chi connectivity index (χ2n) is 3.47. The maximum atomic E-state index is 11.4. The molecule has 0 aliphatic carbocycles. The molecule has 0 bridgehead atoms. The third kappa shape index (κ3) is 3.64. The highest BCUT2D eigenvalue weighted by atomic mass is 16.3. The number of urea groups is 1. The zero-order chi connectivity index (χ0) is 11.9. The molecule has 5 heteroatoms. The summed E-state index contributed by atoms with van der Waals surface area (Å²) in [6.45, 7) is 0.863. The summed E-state index contributed by atoms with van der Waals surface area (Å²) in [5.41, 5.74) is 1.01. The molecule has 2 amide bonds. The van der Waals surface area contributed by atoms with Crippen molar-refractivity contribution in [3.8, 4) is 0 Å². The van der Waals surface area contributed by atoms with Gasteiger partial charge >= 0.3 is 6.03 Å². The molecule has 0 spiro atoms. The summed E-state index contributed by atoms with van der Waals surface area (Å²) in [7, 11) is 0. The molecule has 2 N–H and O–H groups in total. The summed E-state index contributed by atoms with van der Waals surface area (Å²) < 4.78 is 5.10. The Morgan fingerprint density at radius 1 is 1.18 bits per heavy atom. The fraction of sp³-hybridized carbons (Fsp3) is 0.167. The number of aromatic nitrogens is 1. The first kappa shape index (κ1) is 11.2. The summed E-state index contributed by atoms with van der Waals surface area (Å²) in [6, 6.07) is 7.08. The first-order chi connectivity index (χ1) is 8.34. The number of nitrogens with zero attached hydrogens (tertiary/aromatic N) is 1. The molecule has 2 heterocycles. The van der Waals surface area contributed by atoms with Gasteiger partial charge in [-0.25, -0.2) is 4.79 Å². The molecule has 0 aliphatic rings. The minimum atomic E-state index is -0.224. The third-order valence-electron chi connectivity index (χ3n) is 2.21. The molecule has 0 radical (unpaired) electrons. The van der Waals surface area contributed by atoms with Gasteiger partial charge in [-0.2, -0.15) is 0 Å². The maximum Gasteiger partial charge on any atom is 0.315 e. The molecule has 2 rings (SSSR count). The van der Waals surface area contributed by atoms with E-state index in [0.29, 0.717) is 13.1 Å². The number of hydrogen-bond acceptors (Lipinski definition) is 3. The van der Waals surface area contributed by atoms with Crippen molar-refractivity contribution in [2.75, 3.05) is 0 Å². The van der Waals surface area contributed by atoms with Gasteiger partial charge in [0.1, 0.15) is 5.76 Å². The van der Waals surface area contributed by atoms with Crippen molar-refractivity contribution in [3.63, 3.8) is 0 Å². The quantitative estimate of drug-likeness (QED) is 0.841. The lowest BCUT2D eigenvalue weighted by Crippen LogP contribution is -2.34. The summed E-state index contributed by atoms with van der Waals surface area (Å²) >= 11 is 0. The Morgan fingerprint density at radius 3 is 2.65 bits per heavy atom. The van der Waals surface area contributed by atoms with E-state index in [1.807, 2.05) is 18.2 Å². The molecule has 0 aliphatic heterocycles. The van der Waals surface area contributed by atoms with Crippen LogP contribution in [-0.4, -0.2) is 11.0 Å². The number of nitrogens with one attached hydrogen (secondary N) is 2. The molecule has 88 valence electrons. The van der Waals surface area contributed by atoms with Gasteiger partial charge in [-0.15, -0.1) is 0 Å². The molecule has 0 aromatic carbocycles. The molecule has 0 fully saturated rings. The Labute approximate surface area is 98.9 Å². The van der Waals surface area contributed by atoms with Crippen molar-refractivity contribution >= 4 is 6.03 Å². The van der Waals surface area contributed by atoms with E-state index in [2.05, 4.69) is 15.6 Å². The van der Waals surface area contributed by atoms with E-state index in [1.165, 1.54) is 0 Å². The Hall–Kier alpha value is -2.30. The van der Waals surface area contributed by atoms with Gasteiger partial charge in [0.2, 0.25) is 0 Å². The number of amides is 2. The number of hydrogen-bond donors (Lipinski definition) is 2. The average Bonchev–Trinajstić information content (AvgIpc) is 2.88. The van der Waals surface area contributed by atoms with Crippen LogP contribution in [-0.2, 0) is 13.1 Å². The summed E-state index contributed by atoms with van der Waals surface area (Å²) in [5.74, 6) is 0.726. The standard InChI is InChI=1S/C12H13N3O2/c16-12(15-9-11-2-1-7-17-11)14-8-10-3-5-13-6-4-10/h1-7H,8-9H2,(H2,14,15,16). The SMILES string of the molecule is O=C(NCc1ccncc1)NCc1ccco1. The van der Waals surface area contributed by atoms with Crippen LogP contribution >= 0.6 is 0 Å². The number of furan rings is 1. The topological polar surface area (TPSA) is 67.2 Å². The van der Waals surface area contributed by atoms with E-state index >= 15 is 0 Å². The molecule has 5 nitrogen and oxygen atoms in total. The highest BCUT2D eigenvalue weighted by Crippen LogP contribution is 1.98. The second kappa shape index (κ2) is 5.69. The van der Waals surface area contributed by atoms with Gasteiger partial charge in [0.05, 0.1) is 12.8 Å². The maximum absolute atomic E-state index is 11.4. The Bertz CT molecular complexity index is 454. The zero-order valence-corrected chi connectivity index (χ0v) is 9.22. The minimum absolute atomic E-state index is 0.224. The summed E-state index contributed by atoms with van der Waals surface area (Å²) in [4.78, 5) is 15.3. The van der Waals surface area contributed by atoms with Crippen LogP contribution in [0.5, 0.6) is 0 Å². The van der Waals surface area contributed by atoms with E-state index < -0.39 is 0 Å². The van der Waals surface area contributed by atoms with Crippen LogP contribution in [0.2, 0.25) is 0 Å². The van der Waals surface area contributed by atoms with E-state index in [4.69, 9.17) is 4.42 Å². The van der Waals surface area contributed by atoms with Gasteiger partial charge in [0.25, 0.3) is 0 Å². The predicted octanol–water partition coefficient (Wildman–Crippen LogP) is 1.67. The largest absolute Gasteiger partial charge is 0.467 e. The van der Waals surface area contributed by atoms with Crippen LogP contribution in [0.3, 0.4) is 0 Å². The van der Waals surface area contributed by atoms with Gasteiger partial charge < -0.3 is 15.1 Å². The van der Waals surface area contributed by atoms with Gasteiger partial charge in [-0.05, 0) is 29.8 Å². The third-order valence-corrected chi connectivity index (χ3v) is 2.21. The van der Waals surface area contributed by atoms with Gasteiger partial charge in [0, 0.05) is 18.9 Å². The molecule has 2 aromatic heterocycles. The van der Waals surface area contributed by atoms with Gasteiger partial charge in [-0.1, -0.05) is 0 Å². The smallest absolute Gasteiger partial charge is 0.315 e. The lowest BCUT2D eigenvalue weighted by atomic mass is 10.3. The molecule has 2 aromatic rings. The van der Waals surface area contributed by atoms with Crippen molar-refractivity contribution in [1.82, 2.24) is 15.6 Å². The highest BCUT2D eigenvalue weighted by Gasteiger charge is 2.01. The molecule has 17 heavy (non-hydrogen) atoms. The van der Waals surface area contributed by atoms with Crippen molar-refractivity contribution < 1.29 is 9.21 Å². The molecular weight excluding hydrogens is 218 g/mol. The Morgan fingerprint density at radius 2 is 1.94 bits per heavy atom. The summed E-state index contributed by atoms with van der Waals surface area (Å²) in [5, 5.41) is 5.44. The Balaban J connectivity index is 1.71. The lowest BCUT2D eigenvalue weighted by molar-refractivity contribution is 0.239. The van der Waals surface area contributed by atoms with E-state index in [9.17, 15) is 4.79 Å². The highest BCUT2D eigenvalue weighted by molar-refractivity contribution is 5.73. The Kier molecular flexibility index (Phi) is 3.75. The van der Waals surface area contributed by atoms with Crippen LogP contribution in [0.25, 0.3) is 0 Å². The monoisotopic (exact) mass is 231 g/mol. The van der Waals surface area contributed by atoms with Crippen LogP contribution < -0.4 is 10.6 Å². The van der Waals surface area contributed by atoms with Gasteiger partial charge in [-0.3, -0.25) is 4.98 Å². The molecule has 0 atom stereocenters. The van der Waals surface area contributed by atoms with Crippen molar-refractivity contribution in [1.29, 1.82) is 0 Å². The van der Waals surface area contributed by atoms with Gasteiger partial charge in [0.15, 0.2) is 0 Å². The number of rotatable bonds is 4. The molecule has 0 saturated carbocycles. The average molecular weight is 231 g/mol. The first-order valence-corrected chi connectivity index (χ1v) is 5.27. The van der Waals surface area contributed by atoms with Crippen LogP contribution in [0.4, 0.5) is 4.79 Å². The zero-order valence-electron chi connectivity index (χ0n) is 9.22. The van der Waals surface area contributed by atoms with E-state index in [-0.39, 0.29) is 6.03 Å². The molecule has 0 unspecified atom stereocenters. The minimum Gasteiger partial charge on any atom is -0.467 e. The van der Waals surface area contributed by atoms with Crippen LogP contribution in [0.15, 0.2) is 47.3 Å². The number of carbonyl (C=O) groups is 1. The van der Waals surface area contributed by atoms with E-state index in [0.717, 1.165) is 11.3 Å². The lowest BCUT2D eigenvalue weighted by Gasteiger charge is -2.06. The molecular formula is C12H13N3O2. The fourth-order valence-corrected chi connectivity index (χ4v) is 1.33.